The first-order chi connectivity index (χ1) is 5.70. The summed E-state index contributed by atoms with van der Waals surface area (Å²) in [7, 11) is 0. The van der Waals surface area contributed by atoms with Gasteiger partial charge in [0.1, 0.15) is 8.75 Å². The Morgan fingerprint density at radius 2 is 1.25 bits per heavy atom. The average molecular weight is 240 g/mol. The molecule has 0 amide bonds. The van der Waals surface area contributed by atoms with Gasteiger partial charge >= 0.3 is 0 Å². The maximum Gasteiger partial charge on any atom is 0.121 e. The van der Waals surface area contributed by atoms with Gasteiger partial charge < -0.3 is 0 Å². The third kappa shape index (κ3) is 7.39. The minimum atomic E-state index is 0.659. The van der Waals surface area contributed by atoms with Gasteiger partial charge in [0.25, 0.3) is 0 Å². The summed E-state index contributed by atoms with van der Waals surface area (Å²) < 4.78 is 1.32. The molecular weight excluding hydrogens is 228 g/mol. The lowest BCUT2D eigenvalue weighted by Gasteiger charge is -2.00. The minimum absolute atomic E-state index is 0.659. The Kier molecular flexibility index (Phi) is 8.86. The number of thioether (sulfide) groups is 4. The van der Waals surface area contributed by atoms with E-state index in [0.717, 1.165) is 11.5 Å². The van der Waals surface area contributed by atoms with E-state index in [-0.39, 0.29) is 0 Å². The largest absolute Gasteiger partial charge is 0.288 e. The van der Waals surface area contributed by atoms with Crippen LogP contribution in [0.2, 0.25) is 0 Å². The van der Waals surface area contributed by atoms with E-state index in [1.54, 1.807) is 23.5 Å². The van der Waals surface area contributed by atoms with Crippen molar-refractivity contribution in [3.05, 3.63) is 0 Å². The fourth-order valence-corrected chi connectivity index (χ4v) is 2.87. The van der Waals surface area contributed by atoms with E-state index in [1.165, 1.54) is 23.5 Å². The molecule has 0 rings (SSSR count). The van der Waals surface area contributed by atoms with Crippen LogP contribution in [0.15, 0.2) is 0 Å². The standard InChI is InChI=1S/C6H12N2S4/c1-9-5(7)11-3-4-12-6(8)10-2/h7-8H,3-4H2,1-2H3. The SMILES string of the molecule is CSC(=N)SCCSC(=N)SC. The highest BCUT2D eigenvalue weighted by Crippen LogP contribution is 2.17. The quantitative estimate of drug-likeness (QED) is 0.452. The van der Waals surface area contributed by atoms with Crippen LogP contribution in [-0.2, 0) is 0 Å². The van der Waals surface area contributed by atoms with E-state index in [1.807, 2.05) is 12.5 Å². The van der Waals surface area contributed by atoms with Gasteiger partial charge in [-0.15, -0.1) is 23.5 Å². The van der Waals surface area contributed by atoms with Crippen molar-refractivity contribution in [3.8, 4) is 0 Å². The number of rotatable bonds is 3. The molecule has 0 aromatic rings. The van der Waals surface area contributed by atoms with E-state index in [9.17, 15) is 0 Å². The molecule has 0 aliphatic carbocycles. The second-order valence-corrected chi connectivity index (χ2v) is 6.04. The molecule has 0 unspecified atom stereocenters. The van der Waals surface area contributed by atoms with Gasteiger partial charge in [-0.05, 0) is 12.5 Å². The first-order valence-electron chi connectivity index (χ1n) is 3.21. The lowest BCUT2D eigenvalue weighted by atomic mass is 11.0. The van der Waals surface area contributed by atoms with Gasteiger partial charge in [0.2, 0.25) is 0 Å². The molecule has 6 heteroatoms. The van der Waals surface area contributed by atoms with Crippen LogP contribution in [0.5, 0.6) is 0 Å². The van der Waals surface area contributed by atoms with Crippen LogP contribution >= 0.6 is 47.0 Å². The molecule has 0 aliphatic rings. The average Bonchev–Trinajstić information content (AvgIpc) is 2.11. The van der Waals surface area contributed by atoms with Crippen molar-refractivity contribution in [2.45, 2.75) is 0 Å². The van der Waals surface area contributed by atoms with Gasteiger partial charge in [0.15, 0.2) is 0 Å². The molecule has 2 N–H and O–H groups in total. The zero-order valence-corrected chi connectivity index (χ0v) is 10.3. The van der Waals surface area contributed by atoms with Crippen molar-refractivity contribution in [1.82, 2.24) is 0 Å². The van der Waals surface area contributed by atoms with Crippen molar-refractivity contribution in [1.29, 1.82) is 10.8 Å². The maximum absolute atomic E-state index is 7.33. The zero-order chi connectivity index (χ0) is 9.40. The molecule has 0 aromatic heterocycles. The Bertz CT molecular complexity index is 142. The van der Waals surface area contributed by atoms with Gasteiger partial charge in [0.05, 0.1) is 0 Å². The molecule has 0 spiro atoms. The predicted molar refractivity (Wildman–Crippen MR) is 67.4 cm³/mol. The van der Waals surface area contributed by atoms with Gasteiger partial charge in [-0.25, -0.2) is 0 Å². The first kappa shape index (κ1) is 12.7. The Hall–Kier alpha value is 0.740. The summed E-state index contributed by atoms with van der Waals surface area (Å²) in [6, 6.07) is 0. The smallest absolute Gasteiger partial charge is 0.121 e. The third-order valence-corrected chi connectivity index (χ3v) is 4.97. The first-order valence-corrected chi connectivity index (χ1v) is 7.63. The highest BCUT2D eigenvalue weighted by molar-refractivity contribution is 8.40. The summed E-state index contributed by atoms with van der Waals surface area (Å²) in [5.41, 5.74) is 0. The summed E-state index contributed by atoms with van der Waals surface area (Å²) in [5, 5.41) is 14.7. The van der Waals surface area contributed by atoms with Crippen LogP contribution in [0, 0.1) is 10.8 Å². The molecule has 0 atom stereocenters. The second-order valence-electron chi connectivity index (χ2n) is 1.68. The number of hydrogen-bond acceptors (Lipinski definition) is 6. The molecule has 2 nitrogen and oxygen atoms in total. The summed E-state index contributed by atoms with van der Waals surface area (Å²) in [6.45, 7) is 0. The summed E-state index contributed by atoms with van der Waals surface area (Å²) in [4.78, 5) is 0. The fourth-order valence-electron chi connectivity index (χ4n) is 0.387. The predicted octanol–water partition coefficient (Wildman–Crippen LogP) is 3.05. The van der Waals surface area contributed by atoms with Crippen molar-refractivity contribution in [3.63, 3.8) is 0 Å². The third-order valence-electron chi connectivity index (χ3n) is 0.920. The van der Waals surface area contributed by atoms with Crippen LogP contribution in [0.25, 0.3) is 0 Å². The molecule has 0 saturated heterocycles. The van der Waals surface area contributed by atoms with E-state index < -0.39 is 0 Å². The van der Waals surface area contributed by atoms with Crippen LogP contribution in [0.3, 0.4) is 0 Å². The number of hydrogen-bond donors (Lipinski definition) is 2. The van der Waals surface area contributed by atoms with E-state index in [2.05, 4.69) is 0 Å². The van der Waals surface area contributed by atoms with Crippen molar-refractivity contribution in [2.75, 3.05) is 24.0 Å². The van der Waals surface area contributed by atoms with Crippen molar-refractivity contribution >= 4 is 55.8 Å². The molecule has 0 saturated carbocycles. The van der Waals surface area contributed by atoms with Gasteiger partial charge in [-0.3, -0.25) is 10.8 Å². The lowest BCUT2D eigenvalue weighted by Crippen LogP contribution is -1.91. The van der Waals surface area contributed by atoms with Crippen LogP contribution in [-0.4, -0.2) is 32.8 Å². The molecule has 0 bridgehead atoms. The molecule has 0 heterocycles. The zero-order valence-electron chi connectivity index (χ0n) is 7.05. The van der Waals surface area contributed by atoms with E-state index in [0.29, 0.717) is 8.75 Å². The minimum Gasteiger partial charge on any atom is -0.288 e. The molecule has 12 heavy (non-hydrogen) atoms. The Morgan fingerprint density at radius 3 is 1.50 bits per heavy atom. The van der Waals surface area contributed by atoms with Crippen LogP contribution in [0.4, 0.5) is 0 Å². The van der Waals surface area contributed by atoms with E-state index >= 15 is 0 Å². The van der Waals surface area contributed by atoms with Crippen LogP contribution < -0.4 is 0 Å². The molecular formula is C6H12N2S4. The lowest BCUT2D eigenvalue weighted by molar-refractivity contribution is 1.55. The van der Waals surface area contributed by atoms with E-state index in [4.69, 9.17) is 10.8 Å². The van der Waals surface area contributed by atoms with Gasteiger partial charge in [-0.2, -0.15) is 0 Å². The Labute approximate surface area is 90.4 Å². The second kappa shape index (κ2) is 8.34. The monoisotopic (exact) mass is 240 g/mol. The summed E-state index contributed by atoms with van der Waals surface area (Å²) in [5.74, 6) is 1.85. The summed E-state index contributed by atoms with van der Waals surface area (Å²) >= 11 is 6.03. The van der Waals surface area contributed by atoms with Gasteiger partial charge in [0, 0.05) is 11.5 Å². The van der Waals surface area contributed by atoms with Crippen molar-refractivity contribution < 1.29 is 0 Å². The summed E-state index contributed by atoms with van der Waals surface area (Å²) in [6.07, 6.45) is 3.82. The highest BCUT2D eigenvalue weighted by atomic mass is 32.2. The molecule has 0 fully saturated rings. The molecule has 70 valence electrons. The van der Waals surface area contributed by atoms with Crippen LogP contribution in [0.1, 0.15) is 0 Å². The Morgan fingerprint density at radius 1 is 0.917 bits per heavy atom. The number of nitrogens with one attached hydrogen (secondary N) is 2. The Balaban J connectivity index is 3.21. The maximum atomic E-state index is 7.33. The molecule has 0 aliphatic heterocycles. The highest BCUT2D eigenvalue weighted by Gasteiger charge is 1.97. The van der Waals surface area contributed by atoms with Gasteiger partial charge in [-0.1, -0.05) is 23.5 Å². The normalized spacial score (nSPS) is 9.83. The fraction of sp³-hybridized carbons (Fsp3) is 0.667. The molecule has 0 aromatic carbocycles. The topological polar surface area (TPSA) is 47.7 Å². The van der Waals surface area contributed by atoms with Crippen molar-refractivity contribution in [2.24, 2.45) is 0 Å². The molecule has 0 radical (unpaired) electrons.